The molecular formula is C22H32N2O3. The number of H-pyrrole nitrogens is 1. The molecule has 0 spiro atoms. The van der Waals surface area contributed by atoms with Gasteiger partial charge in [0.2, 0.25) is 0 Å². The van der Waals surface area contributed by atoms with Gasteiger partial charge in [0.25, 0.3) is 0 Å². The first-order chi connectivity index (χ1) is 13.0. The van der Waals surface area contributed by atoms with Gasteiger partial charge in [-0.1, -0.05) is 26.7 Å². The number of esters is 1. The molecule has 0 fully saturated rings. The summed E-state index contributed by atoms with van der Waals surface area (Å²) in [6.45, 7) is 11.0. The number of hydrogen-bond acceptors (Lipinski definition) is 4. The Kier molecular flexibility index (Phi) is 8.04. The SMILES string of the molecule is CCCCN(CCCC)Cc1c(C)[nH]c2ccc(C(=O)OCC)cc2c1=O. The molecule has 0 saturated carbocycles. The number of rotatable bonds is 10. The van der Waals surface area contributed by atoms with Gasteiger partial charge in [-0.15, -0.1) is 0 Å². The summed E-state index contributed by atoms with van der Waals surface area (Å²) in [5.74, 6) is -0.395. The summed E-state index contributed by atoms with van der Waals surface area (Å²) in [4.78, 5) is 30.9. The van der Waals surface area contributed by atoms with Crippen molar-refractivity contribution in [3.8, 4) is 0 Å². The Morgan fingerprint density at radius 3 is 2.37 bits per heavy atom. The number of nitrogens with one attached hydrogen (secondary N) is 1. The second-order valence-corrected chi connectivity index (χ2v) is 7.02. The number of unbranched alkanes of at least 4 members (excludes halogenated alkanes) is 2. The smallest absolute Gasteiger partial charge is 0.338 e. The lowest BCUT2D eigenvalue weighted by Crippen LogP contribution is -2.29. The minimum atomic E-state index is -0.395. The molecule has 0 saturated heterocycles. The second-order valence-electron chi connectivity index (χ2n) is 7.02. The van der Waals surface area contributed by atoms with Gasteiger partial charge < -0.3 is 9.72 Å². The molecule has 0 amide bonds. The van der Waals surface area contributed by atoms with E-state index in [4.69, 9.17) is 4.74 Å². The minimum absolute atomic E-state index is 0.00500. The van der Waals surface area contributed by atoms with E-state index < -0.39 is 5.97 Å². The molecule has 0 unspecified atom stereocenters. The standard InChI is InChI=1S/C22H32N2O3/c1-5-8-12-24(13-9-6-2)15-19-16(4)23-20-11-10-17(22(26)27-7-3)14-18(20)21(19)25/h10-11,14H,5-9,12-13,15H2,1-4H3,(H,23,25). The summed E-state index contributed by atoms with van der Waals surface area (Å²) in [6.07, 6.45) is 4.53. The molecule has 5 heteroatoms. The number of ether oxygens (including phenoxy) is 1. The highest BCUT2D eigenvalue weighted by Crippen LogP contribution is 2.16. The third-order valence-corrected chi connectivity index (χ3v) is 4.86. The maximum Gasteiger partial charge on any atom is 0.338 e. The molecule has 1 aromatic heterocycles. The van der Waals surface area contributed by atoms with Crippen molar-refractivity contribution in [3.05, 3.63) is 45.2 Å². The zero-order chi connectivity index (χ0) is 19.8. The lowest BCUT2D eigenvalue weighted by atomic mass is 10.1. The van der Waals surface area contributed by atoms with Crippen molar-refractivity contribution >= 4 is 16.9 Å². The third kappa shape index (κ3) is 5.42. The lowest BCUT2D eigenvalue weighted by molar-refractivity contribution is 0.0526. The van der Waals surface area contributed by atoms with Gasteiger partial charge in [0.15, 0.2) is 5.43 Å². The summed E-state index contributed by atoms with van der Waals surface area (Å²) in [5, 5.41) is 0.548. The number of carbonyl (C=O) groups excluding carboxylic acids is 1. The van der Waals surface area contributed by atoms with Crippen LogP contribution in [0.1, 0.15) is 68.1 Å². The van der Waals surface area contributed by atoms with E-state index in [1.807, 2.05) is 6.92 Å². The van der Waals surface area contributed by atoms with Crippen molar-refractivity contribution in [3.63, 3.8) is 0 Å². The average molecular weight is 373 g/mol. The van der Waals surface area contributed by atoms with Crippen LogP contribution in [-0.2, 0) is 11.3 Å². The minimum Gasteiger partial charge on any atom is -0.462 e. The molecule has 0 radical (unpaired) electrons. The van der Waals surface area contributed by atoms with Crippen LogP contribution in [0.2, 0.25) is 0 Å². The Labute approximate surface area is 161 Å². The monoisotopic (exact) mass is 372 g/mol. The van der Waals surface area contributed by atoms with E-state index in [-0.39, 0.29) is 5.43 Å². The molecule has 0 aliphatic carbocycles. The highest BCUT2D eigenvalue weighted by atomic mass is 16.5. The number of aromatic nitrogens is 1. The average Bonchev–Trinajstić information content (AvgIpc) is 2.66. The van der Waals surface area contributed by atoms with Gasteiger partial charge in [0.05, 0.1) is 12.2 Å². The lowest BCUT2D eigenvalue weighted by Gasteiger charge is -2.22. The van der Waals surface area contributed by atoms with Gasteiger partial charge in [0.1, 0.15) is 0 Å². The van der Waals surface area contributed by atoms with E-state index >= 15 is 0 Å². The number of benzene rings is 1. The first-order valence-electron chi connectivity index (χ1n) is 10.1. The first kappa shape index (κ1) is 21.2. The number of fused-ring (bicyclic) bond motifs is 1. The van der Waals surface area contributed by atoms with Gasteiger partial charge in [-0.25, -0.2) is 4.79 Å². The Morgan fingerprint density at radius 2 is 1.78 bits per heavy atom. The molecule has 2 aromatic rings. The number of nitrogens with zero attached hydrogens (tertiary/aromatic N) is 1. The fraction of sp³-hybridized carbons (Fsp3) is 0.545. The first-order valence-corrected chi connectivity index (χ1v) is 10.1. The Bertz CT molecular complexity index is 818. The Balaban J connectivity index is 2.39. The Morgan fingerprint density at radius 1 is 1.11 bits per heavy atom. The van der Waals surface area contributed by atoms with Crippen LogP contribution in [0.3, 0.4) is 0 Å². The van der Waals surface area contributed by atoms with Crippen LogP contribution < -0.4 is 5.43 Å². The summed E-state index contributed by atoms with van der Waals surface area (Å²) in [6, 6.07) is 5.13. The molecule has 0 atom stereocenters. The molecule has 27 heavy (non-hydrogen) atoms. The largest absolute Gasteiger partial charge is 0.462 e. The Hall–Kier alpha value is -2.14. The van der Waals surface area contributed by atoms with Gasteiger partial charge in [-0.05, 0) is 58.0 Å². The van der Waals surface area contributed by atoms with Crippen molar-refractivity contribution in [2.75, 3.05) is 19.7 Å². The second kappa shape index (κ2) is 10.3. The van der Waals surface area contributed by atoms with Crippen LogP contribution in [0, 0.1) is 6.92 Å². The fourth-order valence-corrected chi connectivity index (χ4v) is 3.24. The molecule has 0 aliphatic rings. The normalized spacial score (nSPS) is 11.3. The molecule has 148 valence electrons. The summed E-state index contributed by atoms with van der Waals surface area (Å²) < 4.78 is 5.06. The number of hydrogen-bond donors (Lipinski definition) is 1. The molecule has 0 bridgehead atoms. The van der Waals surface area contributed by atoms with Gasteiger partial charge in [-0.3, -0.25) is 9.69 Å². The zero-order valence-electron chi connectivity index (χ0n) is 17.1. The third-order valence-electron chi connectivity index (χ3n) is 4.86. The van der Waals surface area contributed by atoms with Crippen molar-refractivity contribution < 1.29 is 9.53 Å². The van der Waals surface area contributed by atoms with E-state index in [0.29, 0.717) is 24.1 Å². The topological polar surface area (TPSA) is 62.4 Å². The van der Waals surface area contributed by atoms with E-state index in [2.05, 4.69) is 23.7 Å². The van der Waals surface area contributed by atoms with E-state index in [1.54, 1.807) is 25.1 Å². The number of carbonyl (C=O) groups is 1. The highest BCUT2D eigenvalue weighted by Gasteiger charge is 2.15. The van der Waals surface area contributed by atoms with E-state index in [0.717, 1.165) is 55.5 Å². The summed E-state index contributed by atoms with van der Waals surface area (Å²) >= 11 is 0. The quantitative estimate of drug-likeness (QED) is 0.627. The van der Waals surface area contributed by atoms with Crippen molar-refractivity contribution in [2.24, 2.45) is 0 Å². The molecule has 2 rings (SSSR count). The van der Waals surface area contributed by atoms with E-state index in [9.17, 15) is 9.59 Å². The van der Waals surface area contributed by atoms with Gasteiger partial charge in [0, 0.05) is 28.7 Å². The van der Waals surface area contributed by atoms with Gasteiger partial charge >= 0.3 is 5.97 Å². The van der Waals surface area contributed by atoms with Crippen LogP contribution in [-0.4, -0.2) is 35.5 Å². The highest BCUT2D eigenvalue weighted by molar-refractivity contribution is 5.94. The molecule has 0 aliphatic heterocycles. The van der Waals surface area contributed by atoms with Crippen LogP contribution in [0.15, 0.2) is 23.0 Å². The summed E-state index contributed by atoms with van der Waals surface area (Å²) in [5.41, 5.74) is 2.86. The van der Waals surface area contributed by atoms with Crippen LogP contribution in [0.4, 0.5) is 0 Å². The van der Waals surface area contributed by atoms with Crippen LogP contribution in [0.5, 0.6) is 0 Å². The molecule has 5 nitrogen and oxygen atoms in total. The van der Waals surface area contributed by atoms with Crippen molar-refractivity contribution in [1.29, 1.82) is 0 Å². The fourth-order valence-electron chi connectivity index (χ4n) is 3.24. The van der Waals surface area contributed by atoms with Crippen LogP contribution in [0.25, 0.3) is 10.9 Å². The predicted molar refractivity (Wildman–Crippen MR) is 110 cm³/mol. The number of pyridine rings is 1. The van der Waals surface area contributed by atoms with Gasteiger partial charge in [-0.2, -0.15) is 0 Å². The molecule has 1 N–H and O–H groups in total. The number of aromatic amines is 1. The van der Waals surface area contributed by atoms with Crippen LogP contribution >= 0.6 is 0 Å². The zero-order valence-corrected chi connectivity index (χ0v) is 17.1. The maximum absolute atomic E-state index is 13.2. The van der Waals surface area contributed by atoms with Crippen molar-refractivity contribution in [1.82, 2.24) is 9.88 Å². The molecular weight excluding hydrogens is 340 g/mol. The summed E-state index contributed by atoms with van der Waals surface area (Å²) in [7, 11) is 0. The number of aryl methyl sites for hydroxylation is 1. The maximum atomic E-state index is 13.2. The van der Waals surface area contributed by atoms with Crippen molar-refractivity contribution in [2.45, 2.75) is 59.9 Å². The predicted octanol–water partition coefficient (Wildman–Crippen LogP) is 4.42. The van der Waals surface area contributed by atoms with E-state index in [1.165, 1.54) is 0 Å². The molecule has 1 aromatic carbocycles. The molecule has 1 heterocycles.